The maximum atomic E-state index is 6.59. The number of para-hydroxylation sites is 4. The van der Waals surface area contributed by atoms with E-state index in [0.717, 1.165) is 55.6 Å². The Bertz CT molecular complexity index is 2780. The molecule has 4 nitrogen and oxygen atoms in total. The van der Waals surface area contributed by atoms with Crippen molar-refractivity contribution in [3.63, 3.8) is 0 Å². The van der Waals surface area contributed by atoms with Crippen LogP contribution >= 0.6 is 0 Å². The minimum atomic E-state index is 0.623. The molecule has 10 aromatic rings. The van der Waals surface area contributed by atoms with Crippen LogP contribution in [-0.2, 0) is 0 Å². The summed E-state index contributed by atoms with van der Waals surface area (Å²) >= 11 is 0. The van der Waals surface area contributed by atoms with E-state index in [1.807, 2.05) is 0 Å². The highest BCUT2D eigenvalue weighted by Gasteiger charge is 2.19. The Morgan fingerprint density at radius 2 is 1.00 bits per heavy atom. The van der Waals surface area contributed by atoms with Crippen LogP contribution in [-0.4, -0.2) is 14.1 Å². The van der Waals surface area contributed by atoms with Crippen LogP contribution < -0.4 is 0 Å². The molecule has 0 radical (unpaired) electrons. The molecule has 10 rings (SSSR count). The number of benzene rings is 7. The van der Waals surface area contributed by atoms with Crippen molar-refractivity contribution in [3.8, 4) is 34.0 Å². The summed E-state index contributed by atoms with van der Waals surface area (Å²) in [7, 11) is 0. The highest BCUT2D eigenvalue weighted by molar-refractivity contribution is 6.15. The first-order valence-electron chi connectivity index (χ1n) is 15.9. The quantitative estimate of drug-likeness (QED) is 0.201. The lowest BCUT2D eigenvalue weighted by atomic mass is 10.0. The number of rotatable bonds is 4. The summed E-state index contributed by atoms with van der Waals surface area (Å²) in [6, 6.07) is 57.7. The molecule has 0 spiro atoms. The first-order valence-corrected chi connectivity index (χ1v) is 15.9. The number of fused-ring (bicyclic) bond motifs is 7. The zero-order chi connectivity index (χ0) is 30.9. The fraction of sp³-hybridized carbons (Fsp3) is 0. The predicted octanol–water partition coefficient (Wildman–Crippen LogP) is 11.4. The second-order valence-electron chi connectivity index (χ2n) is 12.0. The molecule has 0 aliphatic rings. The lowest BCUT2D eigenvalue weighted by Crippen LogP contribution is -1.93. The summed E-state index contributed by atoms with van der Waals surface area (Å²) < 4.78 is 11.3. The molecule has 0 amide bonds. The van der Waals surface area contributed by atoms with E-state index in [1.54, 1.807) is 0 Å². The fourth-order valence-electron chi connectivity index (χ4n) is 7.28. The van der Waals surface area contributed by atoms with Crippen molar-refractivity contribution in [2.75, 3.05) is 0 Å². The maximum absolute atomic E-state index is 6.59. The molecule has 0 aliphatic carbocycles. The van der Waals surface area contributed by atoms with Crippen LogP contribution in [0.5, 0.6) is 0 Å². The van der Waals surface area contributed by atoms with Crippen LogP contribution in [0.25, 0.3) is 88.7 Å². The van der Waals surface area contributed by atoms with Gasteiger partial charge in [-0.15, -0.1) is 0 Å². The van der Waals surface area contributed by atoms with Crippen LogP contribution in [0, 0.1) is 0 Å². The maximum Gasteiger partial charge on any atom is 0.228 e. The molecule has 47 heavy (non-hydrogen) atoms. The third kappa shape index (κ3) is 3.92. The van der Waals surface area contributed by atoms with Gasteiger partial charge in [0.25, 0.3) is 0 Å². The van der Waals surface area contributed by atoms with Gasteiger partial charge < -0.3 is 13.6 Å². The monoisotopic (exact) mass is 601 g/mol. The van der Waals surface area contributed by atoms with Crippen molar-refractivity contribution in [1.82, 2.24) is 14.1 Å². The van der Waals surface area contributed by atoms with Gasteiger partial charge in [0.2, 0.25) is 5.89 Å². The van der Waals surface area contributed by atoms with Crippen molar-refractivity contribution < 1.29 is 4.42 Å². The van der Waals surface area contributed by atoms with Gasteiger partial charge in [-0.25, -0.2) is 4.98 Å². The van der Waals surface area contributed by atoms with Crippen LogP contribution in [0.4, 0.5) is 0 Å². The Balaban J connectivity index is 1.13. The van der Waals surface area contributed by atoms with Crippen LogP contribution in [0.3, 0.4) is 0 Å². The van der Waals surface area contributed by atoms with Crippen LogP contribution in [0.1, 0.15) is 0 Å². The highest BCUT2D eigenvalue weighted by Crippen LogP contribution is 2.40. The molecular formula is C43H27N3O. The molecule has 0 unspecified atom stereocenters. The Hall–Kier alpha value is -6.39. The molecule has 3 aromatic heterocycles. The molecule has 4 heteroatoms. The molecule has 0 saturated heterocycles. The minimum absolute atomic E-state index is 0.623. The van der Waals surface area contributed by atoms with E-state index < -0.39 is 0 Å². The van der Waals surface area contributed by atoms with E-state index in [4.69, 9.17) is 9.40 Å². The summed E-state index contributed by atoms with van der Waals surface area (Å²) in [5.74, 6) is 0.623. The van der Waals surface area contributed by atoms with Crippen molar-refractivity contribution in [2.45, 2.75) is 0 Å². The molecule has 3 heterocycles. The summed E-state index contributed by atoms with van der Waals surface area (Å²) in [5, 5.41) is 4.79. The Kier molecular flexibility index (Phi) is 5.54. The number of oxazole rings is 1. The molecule has 0 atom stereocenters. The molecule has 7 aromatic carbocycles. The lowest BCUT2D eigenvalue weighted by molar-refractivity contribution is 0.621. The first kappa shape index (κ1) is 25.9. The number of nitrogens with zero attached hydrogens (tertiary/aromatic N) is 3. The van der Waals surface area contributed by atoms with Crippen molar-refractivity contribution in [2.24, 2.45) is 0 Å². The summed E-state index contributed by atoms with van der Waals surface area (Å²) in [6.45, 7) is 0. The van der Waals surface area contributed by atoms with Crippen molar-refractivity contribution in [3.05, 3.63) is 164 Å². The molecule has 220 valence electrons. The zero-order valence-corrected chi connectivity index (χ0v) is 25.3. The molecule has 0 saturated carbocycles. The second-order valence-corrected chi connectivity index (χ2v) is 12.0. The second kappa shape index (κ2) is 10.1. The Morgan fingerprint density at radius 3 is 1.77 bits per heavy atom. The number of aromatic nitrogens is 3. The van der Waals surface area contributed by atoms with E-state index in [9.17, 15) is 0 Å². The SMILES string of the molecule is c1ccc(-n2c3ccccc3c3ccc(-c4ccc5nc(-c6cccc7c6c6ccccc6n7-c6ccccc6)oc5c4)cc32)cc1. The standard InChI is InChI=1S/C43H27N3O/c1-3-12-30(13-4-1)45-38-20-10-8-17-34(38)42-35(18-11-21-39(42)45)43-44-36-25-23-29(27-41(36)47-43)28-22-24-33-32-16-7-9-19-37(32)46(40(33)26-28)31-14-5-2-6-15-31/h1-27H. The molecule has 0 fully saturated rings. The van der Waals surface area contributed by atoms with Gasteiger partial charge in [-0.3, -0.25) is 0 Å². The average Bonchev–Trinajstić information content (AvgIpc) is 3.82. The molecular weight excluding hydrogens is 574 g/mol. The van der Waals surface area contributed by atoms with Gasteiger partial charge in [-0.05, 0) is 77.9 Å². The summed E-state index contributed by atoms with van der Waals surface area (Å²) in [6.07, 6.45) is 0. The number of hydrogen-bond donors (Lipinski definition) is 0. The third-order valence-electron chi connectivity index (χ3n) is 9.35. The van der Waals surface area contributed by atoms with E-state index >= 15 is 0 Å². The van der Waals surface area contributed by atoms with E-state index in [1.165, 1.54) is 27.2 Å². The number of hydrogen-bond acceptors (Lipinski definition) is 2. The van der Waals surface area contributed by atoms with E-state index in [0.29, 0.717) is 5.89 Å². The van der Waals surface area contributed by atoms with E-state index in [2.05, 4.69) is 173 Å². The first-order chi connectivity index (χ1) is 23.3. The molecule has 0 bridgehead atoms. The van der Waals surface area contributed by atoms with Gasteiger partial charge in [0.05, 0.1) is 22.1 Å². The topological polar surface area (TPSA) is 35.9 Å². The summed E-state index contributed by atoms with van der Waals surface area (Å²) in [5.41, 5.74) is 11.7. The average molecular weight is 602 g/mol. The lowest BCUT2D eigenvalue weighted by Gasteiger charge is -2.09. The predicted molar refractivity (Wildman–Crippen MR) is 194 cm³/mol. The van der Waals surface area contributed by atoms with Crippen LogP contribution in [0.15, 0.2) is 168 Å². The summed E-state index contributed by atoms with van der Waals surface area (Å²) in [4.78, 5) is 5.01. The third-order valence-corrected chi connectivity index (χ3v) is 9.35. The van der Waals surface area contributed by atoms with Gasteiger partial charge in [0, 0.05) is 38.5 Å². The van der Waals surface area contributed by atoms with Crippen LogP contribution in [0.2, 0.25) is 0 Å². The van der Waals surface area contributed by atoms with Crippen molar-refractivity contribution >= 4 is 54.7 Å². The smallest absolute Gasteiger partial charge is 0.228 e. The zero-order valence-electron chi connectivity index (χ0n) is 25.3. The molecule has 0 aliphatic heterocycles. The Morgan fingerprint density at radius 1 is 0.426 bits per heavy atom. The minimum Gasteiger partial charge on any atom is -0.436 e. The van der Waals surface area contributed by atoms with Gasteiger partial charge >= 0.3 is 0 Å². The van der Waals surface area contributed by atoms with E-state index in [-0.39, 0.29) is 0 Å². The highest BCUT2D eigenvalue weighted by atomic mass is 16.3. The largest absolute Gasteiger partial charge is 0.436 e. The molecule has 0 N–H and O–H groups in total. The van der Waals surface area contributed by atoms with Gasteiger partial charge in [0.1, 0.15) is 5.52 Å². The Labute approximate surface area is 270 Å². The fourth-order valence-corrected chi connectivity index (χ4v) is 7.28. The van der Waals surface area contributed by atoms with Crippen molar-refractivity contribution in [1.29, 1.82) is 0 Å². The van der Waals surface area contributed by atoms with Gasteiger partial charge in [-0.2, -0.15) is 0 Å². The normalized spacial score (nSPS) is 11.8. The van der Waals surface area contributed by atoms with Gasteiger partial charge in [-0.1, -0.05) is 97.1 Å². The van der Waals surface area contributed by atoms with Gasteiger partial charge in [0.15, 0.2) is 5.58 Å².